The molecule has 0 saturated heterocycles. The van der Waals surface area contributed by atoms with Gasteiger partial charge in [-0.15, -0.1) is 0 Å². The van der Waals surface area contributed by atoms with E-state index >= 15 is 0 Å². The molecule has 1 N–H and O–H groups in total. The Kier molecular flexibility index (Phi) is 4.19. The lowest BCUT2D eigenvalue weighted by Gasteiger charge is -2.03. The average Bonchev–Trinajstić information content (AvgIpc) is 2.19. The zero-order valence-electron chi connectivity index (χ0n) is 8.19. The fourth-order valence-corrected chi connectivity index (χ4v) is 1.28. The van der Waals surface area contributed by atoms with Gasteiger partial charge < -0.3 is 9.84 Å². The number of hydrogen-bond donors (Lipinski definition) is 1. The van der Waals surface area contributed by atoms with Gasteiger partial charge in [0, 0.05) is 10.2 Å². The molecule has 0 spiro atoms. The van der Waals surface area contributed by atoms with Crippen LogP contribution in [-0.2, 0) is 4.74 Å². The SMILES string of the molecule is O=C(OCCC[SiH3])c1ccc(O)cc1. The van der Waals surface area contributed by atoms with Gasteiger partial charge in [0.15, 0.2) is 0 Å². The minimum absolute atomic E-state index is 0.154. The predicted octanol–water partition coefficient (Wildman–Crippen LogP) is 0.723. The Hall–Kier alpha value is -1.29. The zero-order valence-corrected chi connectivity index (χ0v) is 10.2. The third kappa shape index (κ3) is 3.22. The van der Waals surface area contributed by atoms with Crippen LogP contribution in [0, 0.1) is 0 Å². The second-order valence-electron chi connectivity index (χ2n) is 3.04. The summed E-state index contributed by atoms with van der Waals surface area (Å²) in [7, 11) is 1.14. The summed E-state index contributed by atoms with van der Waals surface area (Å²) in [5.74, 6) is -0.166. The summed E-state index contributed by atoms with van der Waals surface area (Å²) in [6.07, 6.45) is 0.941. The van der Waals surface area contributed by atoms with Crippen molar-refractivity contribution in [3.05, 3.63) is 29.8 Å². The minimum atomic E-state index is -0.319. The number of phenols is 1. The molecule has 0 atom stereocenters. The van der Waals surface area contributed by atoms with Crippen molar-refractivity contribution in [3.8, 4) is 5.75 Å². The van der Waals surface area contributed by atoms with E-state index in [1.165, 1.54) is 12.1 Å². The maximum atomic E-state index is 11.3. The smallest absolute Gasteiger partial charge is 0.338 e. The van der Waals surface area contributed by atoms with Gasteiger partial charge in [-0.1, -0.05) is 6.04 Å². The third-order valence-corrected chi connectivity index (χ3v) is 2.54. The summed E-state index contributed by atoms with van der Waals surface area (Å²) >= 11 is 0. The van der Waals surface area contributed by atoms with E-state index in [1.54, 1.807) is 12.1 Å². The second kappa shape index (κ2) is 5.44. The van der Waals surface area contributed by atoms with Crippen molar-refractivity contribution in [2.24, 2.45) is 0 Å². The highest BCUT2D eigenvalue weighted by molar-refractivity contribution is 6.08. The number of rotatable bonds is 4. The van der Waals surface area contributed by atoms with Gasteiger partial charge in [-0.3, -0.25) is 0 Å². The van der Waals surface area contributed by atoms with E-state index in [2.05, 4.69) is 0 Å². The molecule has 0 saturated carbocycles. The van der Waals surface area contributed by atoms with Crippen molar-refractivity contribution in [1.29, 1.82) is 0 Å². The van der Waals surface area contributed by atoms with Gasteiger partial charge in [0.25, 0.3) is 0 Å². The Balaban J connectivity index is 2.48. The highest BCUT2D eigenvalue weighted by Gasteiger charge is 2.05. The van der Waals surface area contributed by atoms with Crippen LogP contribution in [0.4, 0.5) is 0 Å². The molecule has 0 unspecified atom stereocenters. The van der Waals surface area contributed by atoms with Crippen LogP contribution in [0.2, 0.25) is 6.04 Å². The zero-order chi connectivity index (χ0) is 10.4. The Labute approximate surface area is 86.1 Å². The van der Waals surface area contributed by atoms with E-state index < -0.39 is 0 Å². The number of benzene rings is 1. The molecular formula is C10H14O3Si. The van der Waals surface area contributed by atoms with Crippen LogP contribution in [0.25, 0.3) is 0 Å². The first-order chi connectivity index (χ1) is 6.74. The molecule has 76 valence electrons. The molecule has 0 heterocycles. The molecule has 0 bridgehead atoms. The Bertz CT molecular complexity index is 295. The number of ether oxygens (including phenoxy) is 1. The summed E-state index contributed by atoms with van der Waals surface area (Å²) in [5, 5.41) is 9.01. The number of phenolic OH excluding ortho intramolecular Hbond substituents is 1. The molecule has 1 aromatic carbocycles. The quantitative estimate of drug-likeness (QED) is 0.452. The molecule has 1 aromatic rings. The number of carbonyl (C=O) groups excluding carboxylic acids is 1. The minimum Gasteiger partial charge on any atom is -0.508 e. The van der Waals surface area contributed by atoms with Crippen LogP contribution in [0.1, 0.15) is 16.8 Å². The second-order valence-corrected chi connectivity index (χ2v) is 4.04. The number of carbonyl (C=O) groups is 1. The number of hydrogen-bond acceptors (Lipinski definition) is 3. The van der Waals surface area contributed by atoms with E-state index in [0.717, 1.165) is 22.7 Å². The summed E-state index contributed by atoms with van der Waals surface area (Å²) in [6, 6.07) is 7.20. The molecule has 0 radical (unpaired) electrons. The molecule has 0 fully saturated rings. The summed E-state index contributed by atoms with van der Waals surface area (Å²) in [4.78, 5) is 11.3. The molecule has 0 aromatic heterocycles. The van der Waals surface area contributed by atoms with Crippen LogP contribution in [-0.4, -0.2) is 27.9 Å². The normalized spacial score (nSPS) is 10.0. The van der Waals surface area contributed by atoms with E-state index in [4.69, 9.17) is 9.84 Å². The van der Waals surface area contributed by atoms with Crippen LogP contribution in [0.5, 0.6) is 5.75 Å². The lowest BCUT2D eigenvalue weighted by atomic mass is 10.2. The van der Waals surface area contributed by atoms with E-state index in [-0.39, 0.29) is 11.7 Å². The fourth-order valence-electron chi connectivity index (χ4n) is 0.990. The summed E-state index contributed by atoms with van der Waals surface area (Å²) in [6.45, 7) is 0.489. The van der Waals surface area contributed by atoms with Gasteiger partial charge in [-0.05, 0) is 30.7 Å². The van der Waals surface area contributed by atoms with Gasteiger partial charge >= 0.3 is 5.97 Å². The fraction of sp³-hybridized carbons (Fsp3) is 0.300. The van der Waals surface area contributed by atoms with Crippen LogP contribution >= 0.6 is 0 Å². The van der Waals surface area contributed by atoms with Crippen molar-refractivity contribution in [1.82, 2.24) is 0 Å². The van der Waals surface area contributed by atoms with Crippen LogP contribution in [0.15, 0.2) is 24.3 Å². The van der Waals surface area contributed by atoms with Crippen LogP contribution < -0.4 is 0 Å². The van der Waals surface area contributed by atoms with Gasteiger partial charge in [-0.25, -0.2) is 4.79 Å². The maximum Gasteiger partial charge on any atom is 0.338 e. The maximum absolute atomic E-state index is 11.3. The highest BCUT2D eigenvalue weighted by Crippen LogP contribution is 2.10. The molecule has 0 aliphatic heterocycles. The first-order valence-corrected chi connectivity index (χ1v) is 6.11. The van der Waals surface area contributed by atoms with E-state index in [0.29, 0.717) is 12.2 Å². The molecular weight excluding hydrogens is 196 g/mol. The monoisotopic (exact) mass is 210 g/mol. The van der Waals surface area contributed by atoms with Crippen molar-refractivity contribution in [2.45, 2.75) is 12.5 Å². The van der Waals surface area contributed by atoms with Gasteiger partial charge in [0.1, 0.15) is 5.75 Å². The summed E-state index contributed by atoms with van der Waals surface area (Å²) < 4.78 is 5.01. The molecule has 0 amide bonds. The standard InChI is InChI=1S/C10H14O3Si/c11-9-4-2-8(3-5-9)10(12)13-6-1-7-14/h2-5,11H,1,6-7H2,14H3. The van der Waals surface area contributed by atoms with Crippen molar-refractivity contribution in [2.75, 3.05) is 6.61 Å². The topological polar surface area (TPSA) is 46.5 Å². The molecule has 0 aliphatic carbocycles. The molecule has 3 nitrogen and oxygen atoms in total. The molecule has 1 rings (SSSR count). The molecule has 4 heteroatoms. The van der Waals surface area contributed by atoms with Gasteiger partial charge in [0.2, 0.25) is 0 Å². The summed E-state index contributed by atoms with van der Waals surface area (Å²) in [5.41, 5.74) is 0.483. The van der Waals surface area contributed by atoms with Crippen LogP contribution in [0.3, 0.4) is 0 Å². The van der Waals surface area contributed by atoms with Gasteiger partial charge in [-0.2, -0.15) is 0 Å². The van der Waals surface area contributed by atoms with Crippen molar-refractivity contribution in [3.63, 3.8) is 0 Å². The lowest BCUT2D eigenvalue weighted by Crippen LogP contribution is -2.05. The predicted molar refractivity (Wildman–Crippen MR) is 57.8 cm³/mol. The largest absolute Gasteiger partial charge is 0.508 e. The first-order valence-electron chi connectivity index (χ1n) is 4.70. The van der Waals surface area contributed by atoms with Crippen molar-refractivity contribution < 1.29 is 14.6 Å². The van der Waals surface area contributed by atoms with E-state index in [9.17, 15) is 4.79 Å². The average molecular weight is 210 g/mol. The third-order valence-electron chi connectivity index (χ3n) is 1.83. The Morgan fingerprint density at radius 3 is 2.57 bits per heavy atom. The van der Waals surface area contributed by atoms with Crippen molar-refractivity contribution >= 4 is 16.2 Å². The number of esters is 1. The van der Waals surface area contributed by atoms with E-state index in [1.807, 2.05) is 0 Å². The molecule has 14 heavy (non-hydrogen) atoms. The number of aromatic hydroxyl groups is 1. The Morgan fingerprint density at radius 1 is 1.36 bits per heavy atom. The first kappa shape index (κ1) is 10.8. The lowest BCUT2D eigenvalue weighted by molar-refractivity contribution is 0.0505. The highest BCUT2D eigenvalue weighted by atomic mass is 28.1. The van der Waals surface area contributed by atoms with Gasteiger partial charge in [0.05, 0.1) is 12.2 Å². The molecule has 0 aliphatic rings. The Morgan fingerprint density at radius 2 is 2.00 bits per heavy atom.